The van der Waals surface area contributed by atoms with E-state index in [9.17, 15) is 57.1 Å². The van der Waals surface area contributed by atoms with Gasteiger partial charge in [-0.25, -0.2) is 0 Å². The van der Waals surface area contributed by atoms with Gasteiger partial charge in [-0.05, 0) is 0 Å². The van der Waals surface area contributed by atoms with Crippen LogP contribution in [-0.2, 0) is 0 Å². The van der Waals surface area contributed by atoms with Gasteiger partial charge in [0.05, 0.1) is 0 Å². The molecule has 0 rings (SSSR count). The molecule has 0 aromatic carbocycles. The summed E-state index contributed by atoms with van der Waals surface area (Å²) in [5, 5.41) is 0. The van der Waals surface area contributed by atoms with Crippen molar-refractivity contribution in [2.75, 3.05) is 0 Å². The smallest absolute Gasteiger partial charge is 1.00 e. The molecule has 130 valence electrons. The molecule has 0 heterocycles. The minimum absolute atomic E-state index is 0. The minimum atomic E-state index is -7.81. The number of halogens is 13. The van der Waals surface area contributed by atoms with Crippen molar-refractivity contribution in [1.29, 1.82) is 0 Å². The molecule has 0 saturated heterocycles. The van der Waals surface area contributed by atoms with Gasteiger partial charge in [0.25, 0.3) is 0 Å². The molecule has 0 aliphatic heterocycles. The van der Waals surface area contributed by atoms with Crippen molar-refractivity contribution in [2.24, 2.45) is 0 Å². The van der Waals surface area contributed by atoms with Crippen LogP contribution in [0.4, 0.5) is 57.1 Å². The number of hydrogen-bond acceptors (Lipinski definition) is 0. The van der Waals surface area contributed by atoms with E-state index in [-0.39, 0.29) is 37.9 Å². The summed E-state index contributed by atoms with van der Waals surface area (Å²) in [5.74, 6) is -36.2. The number of hydrogen-bond donors (Lipinski definition) is 0. The monoisotopic (exact) mass is 372 g/mol. The normalized spacial score (nSPS) is 15.5. The van der Waals surface area contributed by atoms with Gasteiger partial charge >= 0.3 is 65.3 Å². The predicted molar refractivity (Wildman–Crippen MR) is 42.2 cm³/mol. The van der Waals surface area contributed by atoms with Crippen molar-refractivity contribution in [3.8, 4) is 0 Å². The molecule has 22 heavy (non-hydrogen) atoms. The first-order chi connectivity index (χ1) is 8.81. The average molecular weight is 372 g/mol. The van der Waals surface area contributed by atoms with Crippen LogP contribution in [0.1, 0.15) is 14.8 Å². The van der Waals surface area contributed by atoms with Crippen molar-refractivity contribution in [3.63, 3.8) is 0 Å². The van der Waals surface area contributed by atoms with E-state index >= 15 is 0 Å². The first-order valence-corrected chi connectivity index (χ1v) is 4.77. The van der Waals surface area contributed by atoms with E-state index in [4.69, 9.17) is 0 Å². The predicted octanol–water partition coefficient (Wildman–Crippen LogP) is 2.25. The van der Waals surface area contributed by atoms with E-state index in [1.165, 1.54) is 0 Å². The Balaban J connectivity index is -0.00000200. The zero-order valence-electron chi connectivity index (χ0n) is 11.6. The van der Waals surface area contributed by atoms with E-state index in [1.54, 1.807) is 0 Å². The van der Waals surface area contributed by atoms with Gasteiger partial charge in [-0.1, -0.05) is 6.92 Å². The maximum atomic E-state index is 12.7. The molecule has 0 saturated carbocycles. The second-order valence-electron chi connectivity index (χ2n) is 3.85. The Bertz CT molecular complexity index is 388. The van der Waals surface area contributed by atoms with E-state index in [1.807, 2.05) is 0 Å². The van der Waals surface area contributed by atoms with Gasteiger partial charge in [0, 0.05) is 6.42 Å². The Labute approximate surface area is 137 Å². The summed E-state index contributed by atoms with van der Waals surface area (Å²) in [4.78, 5) is 0. The topological polar surface area (TPSA) is 0 Å². The molecule has 0 aromatic heterocycles. The van der Waals surface area contributed by atoms with Crippen LogP contribution in [0.15, 0.2) is 0 Å². The Hall–Kier alpha value is 0.0900. The van der Waals surface area contributed by atoms with Crippen molar-refractivity contribution >= 4 is 0 Å². The van der Waals surface area contributed by atoms with E-state index < -0.39 is 42.2 Å². The van der Waals surface area contributed by atoms with Gasteiger partial charge in [-0.15, -0.1) is 0 Å². The maximum absolute atomic E-state index is 12.7. The molecule has 0 N–H and O–H groups in total. The van der Waals surface area contributed by atoms with Gasteiger partial charge in [0.2, 0.25) is 0 Å². The van der Waals surface area contributed by atoms with Gasteiger partial charge in [0.1, 0.15) is 0 Å². The van der Waals surface area contributed by atoms with E-state index in [2.05, 4.69) is 0 Å². The summed E-state index contributed by atoms with van der Waals surface area (Å²) < 4.78 is 161. The van der Waals surface area contributed by atoms with Crippen molar-refractivity contribution < 1.29 is 88.1 Å². The van der Waals surface area contributed by atoms with Crippen LogP contribution in [0.3, 0.4) is 0 Å². The van der Waals surface area contributed by atoms with Gasteiger partial charge in [-0.2, -0.15) is 57.1 Å². The van der Waals surface area contributed by atoms with Crippen LogP contribution in [0.2, 0.25) is 0 Å². The Kier molecular flexibility index (Phi) is 6.85. The standard InChI is InChI=1S/C8H5F13.Na.H/c1-2-3(9,10)4(11,12)5(13,14)6(15,16)7(17,18)8(19,20)21;;/h2H2,1H3;;/q;+1;-1. The Morgan fingerprint density at radius 2 is 0.818 bits per heavy atom. The summed E-state index contributed by atoms with van der Waals surface area (Å²) in [6.45, 7) is 0.115. The number of rotatable bonds is 5. The van der Waals surface area contributed by atoms with E-state index in [0.29, 0.717) is 0 Å². The molecule has 0 aliphatic carbocycles. The Morgan fingerprint density at radius 3 is 1.05 bits per heavy atom. The van der Waals surface area contributed by atoms with Crippen molar-refractivity contribution in [2.45, 2.75) is 49.1 Å². The molecule has 0 radical (unpaired) electrons. The third-order valence-electron chi connectivity index (χ3n) is 2.44. The fourth-order valence-electron chi connectivity index (χ4n) is 1.02. The van der Waals surface area contributed by atoms with Gasteiger partial charge < -0.3 is 1.43 Å². The number of alkyl halides is 13. The SMILES string of the molecule is CCC(F)(F)C(F)(F)C(F)(F)C(F)(F)C(F)(F)C(F)(F)F.[H-].[Na+]. The minimum Gasteiger partial charge on any atom is -1.00 e. The first-order valence-electron chi connectivity index (χ1n) is 4.77. The molecule has 0 bridgehead atoms. The molecule has 0 fully saturated rings. The van der Waals surface area contributed by atoms with E-state index in [0.717, 1.165) is 0 Å². The zero-order chi connectivity index (χ0) is 17.7. The summed E-state index contributed by atoms with van der Waals surface area (Å²) >= 11 is 0. The summed E-state index contributed by atoms with van der Waals surface area (Å²) in [5.41, 5.74) is 0. The van der Waals surface area contributed by atoms with Crippen LogP contribution < -0.4 is 29.6 Å². The second-order valence-corrected chi connectivity index (χ2v) is 3.85. The second kappa shape index (κ2) is 6.19. The fraction of sp³-hybridized carbons (Fsp3) is 1.00. The zero-order valence-corrected chi connectivity index (χ0v) is 12.6. The molecule has 0 aliphatic rings. The Morgan fingerprint density at radius 1 is 0.545 bits per heavy atom. The molecule has 0 nitrogen and oxygen atoms in total. The third-order valence-corrected chi connectivity index (χ3v) is 2.44. The molecule has 0 amide bonds. The molecular formula is C8H6F13Na. The quantitative estimate of drug-likeness (QED) is 0.513. The van der Waals surface area contributed by atoms with Crippen LogP contribution in [0, 0.1) is 0 Å². The largest absolute Gasteiger partial charge is 1.00 e. The van der Waals surface area contributed by atoms with Crippen LogP contribution in [0.25, 0.3) is 0 Å². The molecule has 14 heteroatoms. The third kappa shape index (κ3) is 3.17. The van der Waals surface area contributed by atoms with Crippen molar-refractivity contribution in [1.82, 2.24) is 0 Å². The molecule has 0 aromatic rings. The molecular weight excluding hydrogens is 366 g/mol. The average Bonchev–Trinajstić information content (AvgIpc) is 2.26. The van der Waals surface area contributed by atoms with Crippen LogP contribution in [0.5, 0.6) is 0 Å². The van der Waals surface area contributed by atoms with Crippen LogP contribution >= 0.6 is 0 Å². The molecule has 0 spiro atoms. The van der Waals surface area contributed by atoms with Gasteiger partial charge in [-0.3, -0.25) is 0 Å². The fourth-order valence-corrected chi connectivity index (χ4v) is 1.02. The van der Waals surface area contributed by atoms with Crippen molar-refractivity contribution in [3.05, 3.63) is 0 Å². The molecule has 0 unspecified atom stereocenters. The summed E-state index contributed by atoms with van der Waals surface area (Å²) in [6, 6.07) is 0. The maximum Gasteiger partial charge on any atom is 1.00 e. The summed E-state index contributed by atoms with van der Waals surface area (Å²) in [6.07, 6.45) is -9.57. The summed E-state index contributed by atoms with van der Waals surface area (Å²) in [7, 11) is 0. The molecule has 0 atom stereocenters. The van der Waals surface area contributed by atoms with Gasteiger partial charge in [0.15, 0.2) is 0 Å². The van der Waals surface area contributed by atoms with Crippen LogP contribution in [-0.4, -0.2) is 35.8 Å². The first kappa shape index (κ1) is 24.3.